The van der Waals surface area contributed by atoms with E-state index in [1.807, 2.05) is 27.7 Å². The van der Waals surface area contributed by atoms with Crippen LogP contribution in [-0.4, -0.2) is 58.8 Å². The third-order valence-electron chi connectivity index (χ3n) is 4.95. The summed E-state index contributed by atoms with van der Waals surface area (Å²) in [5.41, 5.74) is 0. The molecule has 0 spiro atoms. The van der Waals surface area contributed by atoms with E-state index in [-0.39, 0.29) is 28.8 Å². The van der Waals surface area contributed by atoms with E-state index in [1.54, 1.807) is 0 Å². The van der Waals surface area contributed by atoms with Gasteiger partial charge in [-0.25, -0.2) is 4.79 Å². The van der Waals surface area contributed by atoms with Gasteiger partial charge in [-0.1, -0.05) is 45.9 Å². The molecule has 7 nitrogen and oxygen atoms in total. The third kappa shape index (κ3) is 6.23. The molecule has 0 aromatic rings. The van der Waals surface area contributed by atoms with Crippen molar-refractivity contribution in [3.8, 4) is 0 Å². The van der Waals surface area contributed by atoms with E-state index in [4.69, 9.17) is 4.74 Å². The lowest BCUT2D eigenvalue weighted by atomic mass is 10.00. The molecule has 1 rings (SSSR count). The van der Waals surface area contributed by atoms with Gasteiger partial charge in [0.15, 0.2) is 5.12 Å². The minimum absolute atomic E-state index is 0.00332. The predicted octanol–water partition coefficient (Wildman–Crippen LogP) is 1.99. The summed E-state index contributed by atoms with van der Waals surface area (Å²) in [6, 6.07) is -1.35. The molecule has 1 N–H and O–H groups in total. The Morgan fingerprint density at radius 2 is 1.85 bits per heavy atom. The summed E-state index contributed by atoms with van der Waals surface area (Å²) in [5, 5.41) is 2.16. The van der Waals surface area contributed by atoms with Crippen LogP contribution < -0.4 is 5.32 Å². The highest BCUT2D eigenvalue weighted by atomic mass is 32.2. The van der Waals surface area contributed by atoms with Crippen molar-refractivity contribution in [3.05, 3.63) is 0 Å². The van der Waals surface area contributed by atoms with E-state index in [1.165, 1.54) is 18.9 Å². The van der Waals surface area contributed by atoms with E-state index in [2.05, 4.69) is 5.32 Å². The van der Waals surface area contributed by atoms with Crippen molar-refractivity contribution >= 4 is 34.7 Å². The van der Waals surface area contributed by atoms with Gasteiger partial charge in [-0.15, -0.1) is 0 Å². The van der Waals surface area contributed by atoms with Gasteiger partial charge in [-0.2, -0.15) is 0 Å². The lowest BCUT2D eigenvalue weighted by Gasteiger charge is -2.31. The van der Waals surface area contributed by atoms with Gasteiger partial charge in [0.05, 0.1) is 12.4 Å². The number of hydrogen-bond donors (Lipinski definition) is 1. The molecule has 1 aliphatic heterocycles. The SMILES string of the molecule is CCC(C)[C@H](SC(C)=O)C(=O)N[C@H](C(=O)N1CCC[C@H]1C(=O)OC)C(C)C. The minimum atomic E-state index is -0.748. The van der Waals surface area contributed by atoms with Crippen molar-refractivity contribution in [1.82, 2.24) is 10.2 Å². The predicted molar refractivity (Wildman–Crippen MR) is 105 cm³/mol. The lowest BCUT2D eigenvalue weighted by Crippen LogP contribution is -2.55. The normalized spacial score (nSPS) is 20.1. The first-order chi connectivity index (χ1) is 12.6. The Hall–Kier alpha value is -1.57. The van der Waals surface area contributed by atoms with E-state index in [0.29, 0.717) is 13.0 Å². The van der Waals surface area contributed by atoms with Crippen LogP contribution in [0.2, 0.25) is 0 Å². The molecular weight excluding hydrogens is 368 g/mol. The maximum absolute atomic E-state index is 13.1. The zero-order valence-electron chi connectivity index (χ0n) is 17.1. The molecule has 0 aromatic carbocycles. The molecule has 27 heavy (non-hydrogen) atoms. The van der Waals surface area contributed by atoms with Crippen LogP contribution in [-0.2, 0) is 23.9 Å². The Balaban J connectivity index is 2.97. The minimum Gasteiger partial charge on any atom is -0.467 e. The number of nitrogens with zero attached hydrogens (tertiary/aromatic N) is 1. The summed E-state index contributed by atoms with van der Waals surface area (Å²) in [6.45, 7) is 9.48. The number of likely N-dealkylation sites (tertiary alicyclic amines) is 1. The Morgan fingerprint density at radius 3 is 2.33 bits per heavy atom. The van der Waals surface area contributed by atoms with Crippen LogP contribution in [0.4, 0.5) is 0 Å². The second-order valence-corrected chi connectivity index (χ2v) is 8.68. The second kappa shape index (κ2) is 10.7. The number of ether oxygens (including phenoxy) is 1. The molecule has 0 radical (unpaired) electrons. The summed E-state index contributed by atoms with van der Waals surface area (Å²) in [6.07, 6.45) is 2.03. The van der Waals surface area contributed by atoms with Crippen LogP contribution in [0.1, 0.15) is 53.9 Å². The number of nitrogens with one attached hydrogen (secondary N) is 1. The zero-order chi connectivity index (χ0) is 20.7. The molecule has 1 fully saturated rings. The van der Waals surface area contributed by atoms with Gasteiger partial charge in [0.1, 0.15) is 12.1 Å². The van der Waals surface area contributed by atoms with Crippen LogP contribution in [0.25, 0.3) is 0 Å². The third-order valence-corrected chi connectivity index (χ3v) is 6.22. The molecule has 154 valence electrons. The average Bonchev–Trinajstić information content (AvgIpc) is 3.11. The summed E-state index contributed by atoms with van der Waals surface area (Å²) in [5.74, 6) is -1.18. The standard InChI is InChI=1S/C19H32N2O5S/c1-7-12(4)16(27-13(5)22)17(23)20-15(11(2)3)18(24)21-10-8-9-14(21)19(25)26-6/h11-12,14-16H,7-10H2,1-6H3,(H,20,23)/t12?,14-,15-,16-/m0/s1. The molecule has 1 saturated heterocycles. The Labute approximate surface area is 165 Å². The Bertz CT molecular complexity index is 566. The van der Waals surface area contributed by atoms with Gasteiger partial charge in [0.2, 0.25) is 11.8 Å². The molecule has 2 amide bonds. The van der Waals surface area contributed by atoms with E-state index in [0.717, 1.165) is 24.6 Å². The molecule has 1 aliphatic rings. The van der Waals surface area contributed by atoms with Crippen molar-refractivity contribution < 1.29 is 23.9 Å². The van der Waals surface area contributed by atoms with Gasteiger partial charge in [-0.05, 0) is 24.7 Å². The van der Waals surface area contributed by atoms with Gasteiger partial charge in [0, 0.05) is 13.5 Å². The first kappa shape index (κ1) is 23.5. The fourth-order valence-corrected chi connectivity index (χ4v) is 4.12. The highest BCUT2D eigenvalue weighted by Crippen LogP contribution is 2.25. The number of amides is 2. The fourth-order valence-electron chi connectivity index (χ4n) is 3.16. The van der Waals surface area contributed by atoms with Crippen LogP contribution in [0.3, 0.4) is 0 Å². The zero-order valence-corrected chi connectivity index (χ0v) is 17.9. The Morgan fingerprint density at radius 1 is 1.22 bits per heavy atom. The fraction of sp³-hybridized carbons (Fsp3) is 0.789. The molecule has 8 heteroatoms. The van der Waals surface area contributed by atoms with Gasteiger partial charge in [-0.3, -0.25) is 14.4 Å². The summed E-state index contributed by atoms with van der Waals surface area (Å²) in [4.78, 5) is 50.9. The monoisotopic (exact) mass is 400 g/mol. The Kier molecular flexibility index (Phi) is 9.29. The maximum atomic E-state index is 13.1. The largest absolute Gasteiger partial charge is 0.467 e. The average molecular weight is 401 g/mol. The number of carbonyl (C=O) groups excluding carboxylic acids is 4. The van der Waals surface area contributed by atoms with E-state index < -0.39 is 23.3 Å². The molecule has 0 aromatic heterocycles. The second-order valence-electron chi connectivity index (χ2n) is 7.36. The van der Waals surface area contributed by atoms with Crippen LogP contribution in [0.15, 0.2) is 0 Å². The van der Waals surface area contributed by atoms with Gasteiger partial charge in [0.25, 0.3) is 0 Å². The number of thioether (sulfide) groups is 1. The van der Waals surface area contributed by atoms with Crippen molar-refractivity contribution in [3.63, 3.8) is 0 Å². The highest BCUT2D eigenvalue weighted by molar-refractivity contribution is 8.14. The number of rotatable bonds is 8. The number of carbonyl (C=O) groups is 4. The number of esters is 1. The van der Waals surface area contributed by atoms with Crippen molar-refractivity contribution in [2.45, 2.75) is 71.2 Å². The van der Waals surface area contributed by atoms with Crippen LogP contribution in [0.5, 0.6) is 0 Å². The van der Waals surface area contributed by atoms with Crippen LogP contribution >= 0.6 is 11.8 Å². The number of hydrogen-bond acceptors (Lipinski definition) is 6. The molecule has 4 atom stereocenters. The van der Waals surface area contributed by atoms with Crippen LogP contribution in [0, 0.1) is 11.8 Å². The van der Waals surface area contributed by atoms with Gasteiger partial charge >= 0.3 is 5.97 Å². The van der Waals surface area contributed by atoms with E-state index >= 15 is 0 Å². The van der Waals surface area contributed by atoms with E-state index in [9.17, 15) is 19.2 Å². The molecule has 0 bridgehead atoms. The molecule has 0 saturated carbocycles. The lowest BCUT2D eigenvalue weighted by molar-refractivity contribution is -0.152. The summed E-state index contributed by atoms with van der Waals surface area (Å²) < 4.78 is 4.80. The molecular formula is C19H32N2O5S. The van der Waals surface area contributed by atoms with Crippen molar-refractivity contribution in [2.75, 3.05) is 13.7 Å². The molecule has 1 unspecified atom stereocenters. The summed E-state index contributed by atoms with van der Waals surface area (Å²) in [7, 11) is 1.31. The first-order valence-corrected chi connectivity index (χ1v) is 10.4. The molecule has 1 heterocycles. The number of methoxy groups -OCH3 is 1. The molecule has 0 aliphatic carbocycles. The van der Waals surface area contributed by atoms with Gasteiger partial charge < -0.3 is 15.0 Å². The smallest absolute Gasteiger partial charge is 0.328 e. The summed E-state index contributed by atoms with van der Waals surface area (Å²) >= 11 is 0.997. The quantitative estimate of drug-likeness (QED) is 0.627. The van der Waals surface area contributed by atoms with Crippen molar-refractivity contribution in [2.24, 2.45) is 11.8 Å². The first-order valence-electron chi connectivity index (χ1n) is 9.49. The highest BCUT2D eigenvalue weighted by Gasteiger charge is 2.40. The van der Waals surface area contributed by atoms with Crippen molar-refractivity contribution in [1.29, 1.82) is 0 Å². The topological polar surface area (TPSA) is 92.8 Å². The maximum Gasteiger partial charge on any atom is 0.328 e.